The lowest BCUT2D eigenvalue weighted by Crippen LogP contribution is -2.35. The molecule has 1 heterocycles. The van der Waals surface area contributed by atoms with Crippen molar-refractivity contribution in [3.63, 3.8) is 0 Å². The summed E-state index contributed by atoms with van der Waals surface area (Å²) < 4.78 is 36.5. The van der Waals surface area contributed by atoms with Gasteiger partial charge in [-0.15, -0.1) is 0 Å². The minimum absolute atomic E-state index is 0.280. The smallest absolute Gasteiger partial charge is 0.382 e. The zero-order valence-electron chi connectivity index (χ0n) is 10.4. The summed E-state index contributed by atoms with van der Waals surface area (Å²) in [6.07, 6.45) is -7.44. The molecule has 0 saturated heterocycles. The van der Waals surface area contributed by atoms with E-state index >= 15 is 0 Å². The number of rotatable bonds is 6. The average Bonchev–Trinajstić information content (AvgIpc) is 2.35. The number of hydrogen-bond donors (Lipinski definition) is 3. The van der Waals surface area contributed by atoms with Crippen molar-refractivity contribution in [1.82, 2.24) is 4.98 Å². The van der Waals surface area contributed by atoms with Gasteiger partial charge >= 0.3 is 11.9 Å². The molecule has 10 heteroatoms. The van der Waals surface area contributed by atoms with Crippen molar-refractivity contribution in [3.8, 4) is 0 Å². The number of anilines is 2. The molecular formula is C10H13F3N4O3. The summed E-state index contributed by atoms with van der Waals surface area (Å²) in [5, 5.41) is 24.5. The van der Waals surface area contributed by atoms with E-state index in [0.29, 0.717) is 6.54 Å². The molecule has 0 bridgehead atoms. The van der Waals surface area contributed by atoms with Gasteiger partial charge in [0.2, 0.25) is 5.82 Å². The van der Waals surface area contributed by atoms with Gasteiger partial charge in [-0.2, -0.15) is 13.2 Å². The Kier molecular flexibility index (Phi) is 5.08. The zero-order chi connectivity index (χ0) is 15.3. The van der Waals surface area contributed by atoms with Gasteiger partial charge in [0.15, 0.2) is 6.10 Å². The lowest BCUT2D eigenvalue weighted by atomic mass is 10.3. The second-order valence-corrected chi connectivity index (χ2v) is 3.79. The minimum atomic E-state index is -4.80. The second-order valence-electron chi connectivity index (χ2n) is 3.79. The van der Waals surface area contributed by atoms with Crippen molar-refractivity contribution >= 4 is 17.3 Å². The molecule has 3 N–H and O–H groups in total. The van der Waals surface area contributed by atoms with Crippen LogP contribution in [0.4, 0.5) is 30.5 Å². The zero-order valence-corrected chi connectivity index (χ0v) is 10.4. The van der Waals surface area contributed by atoms with Crippen LogP contribution in [-0.2, 0) is 0 Å². The van der Waals surface area contributed by atoms with E-state index < -0.39 is 29.4 Å². The van der Waals surface area contributed by atoms with Gasteiger partial charge in [-0.05, 0) is 13.0 Å². The maximum atomic E-state index is 12.2. The Morgan fingerprint density at radius 1 is 1.45 bits per heavy atom. The van der Waals surface area contributed by atoms with Crippen LogP contribution < -0.4 is 10.6 Å². The second kappa shape index (κ2) is 6.37. The molecular weight excluding hydrogens is 281 g/mol. The van der Waals surface area contributed by atoms with Gasteiger partial charge in [-0.1, -0.05) is 0 Å². The first kappa shape index (κ1) is 16.0. The summed E-state index contributed by atoms with van der Waals surface area (Å²) in [6.45, 7) is 1.34. The minimum Gasteiger partial charge on any atom is -0.382 e. The lowest BCUT2D eigenvalue weighted by molar-refractivity contribution is -0.384. The molecule has 1 atom stereocenters. The molecule has 0 fully saturated rings. The summed E-state index contributed by atoms with van der Waals surface area (Å²) in [5.74, 6) is -0.0566. The highest BCUT2D eigenvalue weighted by molar-refractivity contribution is 5.60. The van der Waals surface area contributed by atoms with Crippen LogP contribution in [0.15, 0.2) is 12.1 Å². The van der Waals surface area contributed by atoms with Crippen molar-refractivity contribution < 1.29 is 23.2 Å². The van der Waals surface area contributed by atoms with Gasteiger partial charge in [0.05, 0.1) is 11.5 Å². The third-order valence-corrected chi connectivity index (χ3v) is 2.27. The third-order valence-electron chi connectivity index (χ3n) is 2.27. The predicted molar refractivity (Wildman–Crippen MR) is 65.6 cm³/mol. The Morgan fingerprint density at radius 3 is 2.60 bits per heavy atom. The number of nitrogens with zero attached hydrogens (tertiary/aromatic N) is 2. The first-order valence-corrected chi connectivity index (χ1v) is 5.63. The van der Waals surface area contributed by atoms with E-state index in [1.807, 2.05) is 0 Å². The van der Waals surface area contributed by atoms with Crippen molar-refractivity contribution in [2.45, 2.75) is 19.2 Å². The Balaban J connectivity index is 2.90. The molecule has 0 spiro atoms. The molecule has 112 valence electrons. The summed E-state index contributed by atoms with van der Waals surface area (Å²) >= 11 is 0. The molecule has 0 aliphatic rings. The molecule has 20 heavy (non-hydrogen) atoms. The Labute approximate surface area is 112 Å². The number of aliphatic hydroxyl groups is 1. The van der Waals surface area contributed by atoms with E-state index in [-0.39, 0.29) is 11.6 Å². The highest BCUT2D eigenvalue weighted by Crippen LogP contribution is 2.25. The molecule has 0 saturated carbocycles. The molecule has 1 aromatic heterocycles. The predicted octanol–water partition coefficient (Wildman–Crippen LogP) is 1.76. The number of halogens is 3. The lowest BCUT2D eigenvalue weighted by Gasteiger charge is -2.15. The number of alkyl halides is 3. The van der Waals surface area contributed by atoms with Crippen LogP contribution in [0.5, 0.6) is 0 Å². The number of hydrogen-bond acceptors (Lipinski definition) is 6. The monoisotopic (exact) mass is 294 g/mol. The van der Waals surface area contributed by atoms with E-state index in [1.54, 1.807) is 6.92 Å². The molecule has 0 aliphatic heterocycles. The third kappa shape index (κ3) is 4.23. The van der Waals surface area contributed by atoms with Crippen molar-refractivity contribution in [2.75, 3.05) is 23.7 Å². The van der Waals surface area contributed by atoms with Gasteiger partial charge in [0, 0.05) is 12.6 Å². The molecule has 1 unspecified atom stereocenters. The summed E-state index contributed by atoms with van der Waals surface area (Å²) in [7, 11) is 0. The number of nitrogens with one attached hydrogen (secondary N) is 2. The fourth-order valence-electron chi connectivity index (χ4n) is 1.32. The maximum Gasteiger partial charge on any atom is 0.416 e. The van der Waals surface area contributed by atoms with Gasteiger partial charge < -0.3 is 15.7 Å². The van der Waals surface area contributed by atoms with E-state index in [2.05, 4.69) is 15.6 Å². The van der Waals surface area contributed by atoms with Crippen LogP contribution in [0.25, 0.3) is 0 Å². The fraction of sp³-hybridized carbons (Fsp3) is 0.500. The molecule has 0 aliphatic carbocycles. The molecule has 0 aromatic carbocycles. The van der Waals surface area contributed by atoms with Crippen LogP contribution in [0, 0.1) is 10.1 Å². The largest absolute Gasteiger partial charge is 0.416 e. The first-order chi connectivity index (χ1) is 9.25. The highest BCUT2D eigenvalue weighted by atomic mass is 19.4. The van der Waals surface area contributed by atoms with Crippen LogP contribution in [0.1, 0.15) is 6.92 Å². The molecule has 0 amide bonds. The summed E-state index contributed by atoms with van der Waals surface area (Å²) in [6, 6.07) is 2.46. The Morgan fingerprint density at radius 2 is 2.10 bits per heavy atom. The van der Waals surface area contributed by atoms with Crippen molar-refractivity contribution in [3.05, 3.63) is 22.2 Å². The number of pyridine rings is 1. The van der Waals surface area contributed by atoms with E-state index in [0.717, 1.165) is 6.07 Å². The maximum absolute atomic E-state index is 12.2. The molecule has 7 nitrogen and oxygen atoms in total. The van der Waals surface area contributed by atoms with Crippen molar-refractivity contribution in [2.24, 2.45) is 0 Å². The summed E-state index contributed by atoms with van der Waals surface area (Å²) in [4.78, 5) is 13.8. The molecule has 0 radical (unpaired) electrons. The molecule has 1 rings (SSSR count). The highest BCUT2D eigenvalue weighted by Gasteiger charge is 2.38. The Hall–Kier alpha value is -2.10. The molecule has 1 aromatic rings. The fourth-order valence-corrected chi connectivity index (χ4v) is 1.32. The van der Waals surface area contributed by atoms with Crippen LogP contribution >= 0.6 is 0 Å². The number of nitro groups is 1. The normalized spacial score (nSPS) is 12.8. The van der Waals surface area contributed by atoms with Gasteiger partial charge in [0.1, 0.15) is 5.82 Å². The SMILES string of the molecule is CCNc1ccc([N+](=O)[O-])c(NCC(O)C(F)(F)F)n1. The quantitative estimate of drug-likeness (QED) is 0.546. The van der Waals surface area contributed by atoms with Gasteiger partial charge in [-0.25, -0.2) is 4.98 Å². The number of aromatic nitrogens is 1. The summed E-state index contributed by atoms with van der Waals surface area (Å²) in [5.41, 5.74) is -0.471. The first-order valence-electron chi connectivity index (χ1n) is 5.63. The van der Waals surface area contributed by atoms with E-state index in [1.165, 1.54) is 6.07 Å². The Bertz CT molecular complexity index is 481. The van der Waals surface area contributed by atoms with Crippen LogP contribution in [0.2, 0.25) is 0 Å². The van der Waals surface area contributed by atoms with Crippen molar-refractivity contribution in [1.29, 1.82) is 0 Å². The van der Waals surface area contributed by atoms with Crippen LogP contribution in [0.3, 0.4) is 0 Å². The van der Waals surface area contributed by atoms with Gasteiger partial charge in [0.25, 0.3) is 0 Å². The average molecular weight is 294 g/mol. The topological polar surface area (TPSA) is 100 Å². The van der Waals surface area contributed by atoms with E-state index in [9.17, 15) is 23.3 Å². The van der Waals surface area contributed by atoms with Gasteiger partial charge in [-0.3, -0.25) is 10.1 Å². The standard InChI is InChI=1S/C10H13F3N4O3/c1-2-14-8-4-3-6(17(19)20)9(16-8)15-5-7(18)10(11,12)13/h3-4,7,18H,2,5H2,1H3,(H2,14,15,16). The number of aliphatic hydroxyl groups excluding tert-OH is 1. The van der Waals surface area contributed by atoms with Crippen LogP contribution in [-0.4, -0.2) is 40.4 Å². The van der Waals surface area contributed by atoms with E-state index in [4.69, 9.17) is 5.11 Å².